The average Bonchev–Trinajstić information content (AvgIpc) is 3.77. The van der Waals surface area contributed by atoms with Crippen LogP contribution in [0.5, 0.6) is 0 Å². The molecule has 5 nitrogen and oxygen atoms in total. The maximum absolute atomic E-state index is 6.47. The average molecular weight is 660 g/mol. The fraction of sp³-hybridized carbons (Fsp3) is 0.0870. The molecule has 0 radical (unpaired) electrons. The van der Waals surface area contributed by atoms with E-state index in [1.165, 1.54) is 0 Å². The Balaban J connectivity index is 1.21. The van der Waals surface area contributed by atoms with E-state index < -0.39 is 0 Å². The van der Waals surface area contributed by atoms with Crippen LogP contribution >= 0.6 is 0 Å². The normalized spacial score (nSPS) is 17.5. The van der Waals surface area contributed by atoms with Gasteiger partial charge in [0.2, 0.25) is 0 Å². The highest BCUT2D eigenvalue weighted by molar-refractivity contribution is 6.20. The number of hydrogen-bond donors (Lipinski definition) is 0. The molecule has 2 atom stereocenters. The Hall–Kier alpha value is -6.46. The van der Waals surface area contributed by atoms with Gasteiger partial charge in [-0.2, -0.15) is 0 Å². The molecule has 0 saturated heterocycles. The monoisotopic (exact) mass is 659 g/mol. The summed E-state index contributed by atoms with van der Waals surface area (Å²) < 4.78 is 12.8. The highest BCUT2D eigenvalue weighted by atomic mass is 16.3. The van der Waals surface area contributed by atoms with Crippen molar-refractivity contribution in [2.75, 3.05) is 7.05 Å². The molecule has 2 aromatic heterocycles. The van der Waals surface area contributed by atoms with Crippen LogP contribution in [0.4, 0.5) is 0 Å². The van der Waals surface area contributed by atoms with Gasteiger partial charge in [0.05, 0.1) is 0 Å². The zero-order chi connectivity index (χ0) is 33.9. The van der Waals surface area contributed by atoms with Crippen molar-refractivity contribution in [1.29, 1.82) is 0 Å². The zero-order valence-electron chi connectivity index (χ0n) is 28.0. The molecule has 1 aliphatic heterocycles. The quantitative estimate of drug-likeness (QED) is 0.185. The van der Waals surface area contributed by atoms with Crippen LogP contribution < -0.4 is 0 Å². The highest BCUT2D eigenvalue weighted by Gasteiger charge is 2.30. The summed E-state index contributed by atoms with van der Waals surface area (Å²) in [7, 11) is 2.11. The van der Waals surface area contributed by atoms with Gasteiger partial charge in [-0.25, -0.2) is 9.98 Å². The van der Waals surface area contributed by atoms with E-state index >= 15 is 0 Å². The van der Waals surface area contributed by atoms with Gasteiger partial charge >= 0.3 is 0 Å². The van der Waals surface area contributed by atoms with Crippen LogP contribution in [0.2, 0.25) is 0 Å². The van der Waals surface area contributed by atoms with Crippen molar-refractivity contribution in [2.24, 2.45) is 15.9 Å². The fourth-order valence-corrected chi connectivity index (χ4v) is 7.88. The summed E-state index contributed by atoms with van der Waals surface area (Å²) in [6.45, 7) is 0. The molecule has 2 unspecified atom stereocenters. The Bertz CT molecular complexity index is 2760. The number of rotatable bonds is 5. The fourth-order valence-electron chi connectivity index (χ4n) is 7.88. The standard InChI is InChI=1S/C46H33N3O2/c1-49-45(29-14-4-2-5-15-29)47-44(48-46(49)30-16-6-3-7-17-30)32-19-12-18-31(28-32)41-34(26-27-40-43(41)36-21-9-11-24-38(36)51-40)33-22-13-25-39-42(33)35-20-8-10-23-37(35)50-39/h2-16,18-28,30,45H,17H2,1H3. The summed E-state index contributed by atoms with van der Waals surface area (Å²) in [6, 6.07) is 46.4. The lowest BCUT2D eigenvalue weighted by Crippen LogP contribution is -2.39. The van der Waals surface area contributed by atoms with Gasteiger partial charge in [0.25, 0.3) is 0 Å². The summed E-state index contributed by atoms with van der Waals surface area (Å²) in [5.41, 5.74) is 9.96. The van der Waals surface area contributed by atoms with Gasteiger partial charge in [-0.1, -0.05) is 121 Å². The first-order valence-corrected chi connectivity index (χ1v) is 17.4. The number of amidine groups is 2. The minimum atomic E-state index is -0.194. The van der Waals surface area contributed by atoms with Gasteiger partial charge in [0, 0.05) is 45.6 Å². The molecule has 1 aliphatic carbocycles. The Morgan fingerprint density at radius 1 is 0.608 bits per heavy atom. The van der Waals surface area contributed by atoms with Crippen LogP contribution in [0, 0.1) is 5.92 Å². The summed E-state index contributed by atoms with van der Waals surface area (Å²) in [5, 5.41) is 4.37. The van der Waals surface area contributed by atoms with Crippen molar-refractivity contribution < 1.29 is 8.83 Å². The van der Waals surface area contributed by atoms with Crippen molar-refractivity contribution in [3.63, 3.8) is 0 Å². The van der Waals surface area contributed by atoms with E-state index in [9.17, 15) is 0 Å². The first-order valence-electron chi connectivity index (χ1n) is 17.4. The zero-order valence-corrected chi connectivity index (χ0v) is 28.0. The largest absolute Gasteiger partial charge is 0.456 e. The number of furan rings is 2. The van der Waals surface area contributed by atoms with Crippen LogP contribution in [0.15, 0.2) is 177 Å². The van der Waals surface area contributed by atoms with Crippen LogP contribution in [0.25, 0.3) is 66.1 Å². The SMILES string of the molecule is CN1C(C2C=CC=CC2)=NC(c2cccc(-c3c(-c4cccc5oc6ccccc6c45)ccc4oc5ccccc5c34)c2)=NC1c1ccccc1. The van der Waals surface area contributed by atoms with Crippen molar-refractivity contribution in [1.82, 2.24) is 4.90 Å². The smallest absolute Gasteiger partial charge is 0.159 e. The molecule has 3 heterocycles. The van der Waals surface area contributed by atoms with E-state index in [1.807, 2.05) is 24.3 Å². The second kappa shape index (κ2) is 11.9. The topological polar surface area (TPSA) is 54.2 Å². The predicted octanol–water partition coefficient (Wildman–Crippen LogP) is 11.7. The van der Waals surface area contributed by atoms with E-state index in [-0.39, 0.29) is 12.1 Å². The molecule has 0 N–H and O–H groups in total. The van der Waals surface area contributed by atoms with Gasteiger partial charge in [0.1, 0.15) is 34.3 Å². The predicted molar refractivity (Wildman–Crippen MR) is 209 cm³/mol. The summed E-state index contributed by atoms with van der Waals surface area (Å²) in [5.74, 6) is 1.92. The molecule has 0 amide bonds. The van der Waals surface area contributed by atoms with Crippen LogP contribution in [0.3, 0.4) is 0 Å². The van der Waals surface area contributed by atoms with Crippen LogP contribution in [-0.4, -0.2) is 23.6 Å². The number of para-hydroxylation sites is 2. The molecule has 51 heavy (non-hydrogen) atoms. The van der Waals surface area contributed by atoms with Crippen molar-refractivity contribution in [3.05, 3.63) is 169 Å². The lowest BCUT2D eigenvalue weighted by molar-refractivity contribution is 0.366. The maximum atomic E-state index is 6.47. The lowest BCUT2D eigenvalue weighted by Gasteiger charge is -2.35. The van der Waals surface area contributed by atoms with E-state index in [1.54, 1.807) is 0 Å². The number of allylic oxidation sites excluding steroid dienone is 3. The van der Waals surface area contributed by atoms with Gasteiger partial charge < -0.3 is 13.7 Å². The number of hydrogen-bond acceptors (Lipinski definition) is 5. The third-order valence-electron chi connectivity index (χ3n) is 10.2. The molecule has 0 bridgehead atoms. The first-order chi connectivity index (χ1) is 25.2. The third kappa shape index (κ3) is 4.84. The number of benzene rings is 6. The molecular formula is C46H33N3O2. The molecule has 10 rings (SSSR count). The summed E-state index contributed by atoms with van der Waals surface area (Å²) >= 11 is 0. The molecule has 244 valence electrons. The minimum Gasteiger partial charge on any atom is -0.456 e. The van der Waals surface area contributed by atoms with E-state index in [2.05, 4.69) is 145 Å². The first kappa shape index (κ1) is 29.5. The molecule has 6 aromatic carbocycles. The Kier molecular flexibility index (Phi) is 6.84. The van der Waals surface area contributed by atoms with Crippen LogP contribution in [0.1, 0.15) is 23.7 Å². The highest BCUT2D eigenvalue weighted by Crippen LogP contribution is 2.46. The van der Waals surface area contributed by atoms with E-state index in [0.717, 1.165) is 95.3 Å². The Morgan fingerprint density at radius 3 is 2.08 bits per heavy atom. The van der Waals surface area contributed by atoms with Gasteiger partial charge in [-0.3, -0.25) is 0 Å². The molecule has 0 fully saturated rings. The minimum absolute atomic E-state index is 0.169. The maximum Gasteiger partial charge on any atom is 0.159 e. The van der Waals surface area contributed by atoms with Crippen molar-refractivity contribution in [2.45, 2.75) is 12.6 Å². The Labute approximate surface area is 295 Å². The second-order valence-corrected chi connectivity index (χ2v) is 13.3. The van der Waals surface area contributed by atoms with Crippen molar-refractivity contribution >= 4 is 55.5 Å². The molecular weight excluding hydrogens is 627 g/mol. The molecule has 0 saturated carbocycles. The van der Waals surface area contributed by atoms with Gasteiger partial charge in [-0.15, -0.1) is 0 Å². The summed E-state index contributed by atoms with van der Waals surface area (Å²) in [4.78, 5) is 12.8. The molecule has 5 heteroatoms. The summed E-state index contributed by atoms with van der Waals surface area (Å²) in [6.07, 6.45) is 9.40. The molecule has 8 aromatic rings. The van der Waals surface area contributed by atoms with E-state index in [4.69, 9.17) is 18.8 Å². The van der Waals surface area contributed by atoms with Crippen LogP contribution in [-0.2, 0) is 0 Å². The third-order valence-corrected chi connectivity index (χ3v) is 10.2. The number of aliphatic imine (C=N–C) groups is 2. The molecule has 2 aliphatic rings. The van der Waals surface area contributed by atoms with Gasteiger partial charge in [0.15, 0.2) is 5.84 Å². The van der Waals surface area contributed by atoms with E-state index in [0.29, 0.717) is 0 Å². The van der Waals surface area contributed by atoms with Gasteiger partial charge in [-0.05, 0) is 65.1 Å². The number of fused-ring (bicyclic) bond motifs is 6. The molecule has 0 spiro atoms. The van der Waals surface area contributed by atoms with Crippen molar-refractivity contribution in [3.8, 4) is 22.3 Å². The second-order valence-electron chi connectivity index (χ2n) is 13.3. The Morgan fingerprint density at radius 2 is 1.29 bits per heavy atom. The number of nitrogens with zero attached hydrogens (tertiary/aromatic N) is 3. The lowest BCUT2D eigenvalue weighted by atomic mass is 9.88.